The predicted molar refractivity (Wildman–Crippen MR) is 105 cm³/mol. The zero-order valence-corrected chi connectivity index (χ0v) is 15.4. The maximum atomic E-state index is 13.1. The molecule has 0 saturated carbocycles. The van der Waals surface area contributed by atoms with Crippen LogP contribution in [0.5, 0.6) is 0 Å². The van der Waals surface area contributed by atoms with Crippen molar-refractivity contribution in [2.75, 3.05) is 24.7 Å². The van der Waals surface area contributed by atoms with E-state index in [0.29, 0.717) is 29.2 Å². The fourth-order valence-electron chi connectivity index (χ4n) is 2.21. The lowest BCUT2D eigenvalue weighted by Gasteiger charge is -2.13. The first-order valence-electron chi connectivity index (χ1n) is 8.10. The number of pyridine rings is 1. The molecule has 1 heterocycles. The molecule has 0 radical (unpaired) electrons. The maximum Gasteiger partial charge on any atom is 0.312 e. The Morgan fingerprint density at radius 1 is 1.22 bits per heavy atom. The van der Waals surface area contributed by atoms with Gasteiger partial charge in [-0.1, -0.05) is 11.9 Å². The van der Waals surface area contributed by atoms with Crippen LogP contribution in [-0.4, -0.2) is 36.6 Å². The van der Waals surface area contributed by atoms with Crippen molar-refractivity contribution in [3.8, 4) is 11.3 Å². The Kier molecular flexibility index (Phi) is 8.15. The van der Waals surface area contributed by atoms with Crippen molar-refractivity contribution in [1.82, 2.24) is 15.0 Å². The molecule has 144 valence electrons. The van der Waals surface area contributed by atoms with Crippen LogP contribution in [0.4, 0.5) is 18.9 Å². The van der Waals surface area contributed by atoms with Gasteiger partial charge in [0.15, 0.2) is 0 Å². The summed E-state index contributed by atoms with van der Waals surface area (Å²) in [5, 5.41) is 13.2. The SMILES string of the molecule is CNSCCNc1ccc(-c2ccc(F)cc2)nc1C(=N)/C=C\NC(F)F. The van der Waals surface area contributed by atoms with Gasteiger partial charge in [-0.05, 0) is 49.5 Å². The second-order valence-corrected chi connectivity index (χ2v) is 6.40. The van der Waals surface area contributed by atoms with Crippen LogP contribution < -0.4 is 15.4 Å². The molecule has 0 saturated heterocycles. The first-order chi connectivity index (χ1) is 13.0. The first-order valence-corrected chi connectivity index (χ1v) is 9.09. The van der Waals surface area contributed by atoms with Crippen LogP contribution in [0.3, 0.4) is 0 Å². The summed E-state index contributed by atoms with van der Waals surface area (Å²) in [6.07, 6.45) is 2.23. The molecule has 0 aliphatic rings. The minimum absolute atomic E-state index is 0.0316. The van der Waals surface area contributed by atoms with Crippen molar-refractivity contribution in [2.45, 2.75) is 6.55 Å². The van der Waals surface area contributed by atoms with Gasteiger partial charge in [-0.3, -0.25) is 10.1 Å². The Morgan fingerprint density at radius 2 is 1.96 bits per heavy atom. The number of nitrogens with zero attached hydrogens (tertiary/aromatic N) is 1. The van der Waals surface area contributed by atoms with E-state index >= 15 is 0 Å². The molecular formula is C18H20F3N5S. The molecule has 9 heteroatoms. The summed E-state index contributed by atoms with van der Waals surface area (Å²) in [5.41, 5.74) is 2.15. The quantitative estimate of drug-likeness (QED) is 0.213. The third kappa shape index (κ3) is 6.61. The molecule has 2 aromatic rings. The van der Waals surface area contributed by atoms with E-state index in [4.69, 9.17) is 5.41 Å². The Labute approximate surface area is 160 Å². The van der Waals surface area contributed by atoms with Crippen molar-refractivity contribution in [3.05, 3.63) is 60.2 Å². The zero-order chi connectivity index (χ0) is 19.6. The van der Waals surface area contributed by atoms with E-state index in [1.165, 1.54) is 30.2 Å². The Morgan fingerprint density at radius 3 is 2.63 bits per heavy atom. The fraction of sp³-hybridized carbons (Fsp3) is 0.222. The summed E-state index contributed by atoms with van der Waals surface area (Å²) in [6, 6.07) is 9.38. The number of allylic oxidation sites excluding steroid dienone is 1. The van der Waals surface area contributed by atoms with Crippen molar-refractivity contribution >= 4 is 23.3 Å². The second-order valence-electron chi connectivity index (χ2n) is 5.29. The molecular weight excluding hydrogens is 375 g/mol. The monoisotopic (exact) mass is 395 g/mol. The molecule has 5 nitrogen and oxygen atoms in total. The number of hydrogen-bond donors (Lipinski definition) is 4. The molecule has 0 fully saturated rings. The van der Waals surface area contributed by atoms with Crippen LogP contribution in [0.2, 0.25) is 0 Å². The van der Waals surface area contributed by atoms with E-state index in [2.05, 4.69) is 15.0 Å². The fourth-order valence-corrected chi connectivity index (χ4v) is 2.62. The van der Waals surface area contributed by atoms with Gasteiger partial charge in [-0.25, -0.2) is 9.37 Å². The summed E-state index contributed by atoms with van der Waals surface area (Å²) in [6.45, 7) is -2.08. The smallest absolute Gasteiger partial charge is 0.312 e. The van der Waals surface area contributed by atoms with Gasteiger partial charge in [0, 0.05) is 24.1 Å². The molecule has 0 aliphatic carbocycles. The maximum absolute atomic E-state index is 13.1. The number of aromatic nitrogens is 1. The molecule has 4 N–H and O–H groups in total. The number of hydrogen-bond acceptors (Lipinski definition) is 6. The number of halogens is 3. The van der Waals surface area contributed by atoms with Crippen molar-refractivity contribution in [1.29, 1.82) is 5.41 Å². The molecule has 0 aliphatic heterocycles. The van der Waals surface area contributed by atoms with Crippen molar-refractivity contribution in [2.24, 2.45) is 0 Å². The van der Waals surface area contributed by atoms with E-state index in [9.17, 15) is 13.2 Å². The minimum atomic E-state index is -2.70. The van der Waals surface area contributed by atoms with Gasteiger partial charge < -0.3 is 10.6 Å². The van der Waals surface area contributed by atoms with Crippen molar-refractivity contribution < 1.29 is 13.2 Å². The van der Waals surface area contributed by atoms with Gasteiger partial charge in [-0.15, -0.1) is 0 Å². The molecule has 0 spiro atoms. The molecule has 2 rings (SSSR count). The Hall–Kier alpha value is -2.52. The van der Waals surface area contributed by atoms with Gasteiger partial charge in [-0.2, -0.15) is 8.78 Å². The average molecular weight is 395 g/mol. The first kappa shape index (κ1) is 20.8. The van der Waals surface area contributed by atoms with Crippen LogP contribution >= 0.6 is 11.9 Å². The summed E-state index contributed by atoms with van der Waals surface area (Å²) >= 11 is 1.53. The average Bonchev–Trinajstić information content (AvgIpc) is 2.65. The largest absolute Gasteiger partial charge is 0.382 e. The highest BCUT2D eigenvalue weighted by molar-refractivity contribution is 7.97. The van der Waals surface area contributed by atoms with Gasteiger partial charge in [0.25, 0.3) is 0 Å². The lowest BCUT2D eigenvalue weighted by molar-refractivity contribution is 0.125. The summed E-state index contributed by atoms with van der Waals surface area (Å²) < 4.78 is 40.5. The third-order valence-corrected chi connectivity index (χ3v) is 4.12. The molecule has 0 atom stereocenters. The van der Waals surface area contributed by atoms with Crippen LogP contribution in [-0.2, 0) is 0 Å². The molecule has 1 aromatic heterocycles. The minimum Gasteiger partial charge on any atom is -0.382 e. The highest BCUT2D eigenvalue weighted by Crippen LogP contribution is 2.23. The van der Waals surface area contributed by atoms with E-state index in [1.54, 1.807) is 24.3 Å². The standard InChI is InChI=1S/C18H20F3N5S/c1-23-27-11-10-24-16-7-6-15(12-2-4-13(19)5-3-12)26-17(16)14(22)8-9-25-18(20)21/h2-9,18,22-25H,10-11H2,1H3/b9-8-,22-14?. The Balaban J connectivity index is 2.28. The summed E-state index contributed by atoms with van der Waals surface area (Å²) in [5.74, 6) is 0.430. The predicted octanol–water partition coefficient (Wildman–Crippen LogP) is 3.86. The van der Waals surface area contributed by atoms with E-state index in [0.717, 1.165) is 12.0 Å². The number of nitrogens with one attached hydrogen (secondary N) is 4. The molecule has 0 amide bonds. The van der Waals surface area contributed by atoms with E-state index in [1.807, 2.05) is 12.4 Å². The summed E-state index contributed by atoms with van der Waals surface area (Å²) in [7, 11) is 1.83. The highest BCUT2D eigenvalue weighted by Gasteiger charge is 2.11. The molecule has 0 unspecified atom stereocenters. The summed E-state index contributed by atoms with van der Waals surface area (Å²) in [4.78, 5) is 4.47. The molecule has 0 bridgehead atoms. The lowest BCUT2D eigenvalue weighted by atomic mass is 10.1. The van der Waals surface area contributed by atoms with Crippen LogP contribution in [0.1, 0.15) is 5.69 Å². The van der Waals surface area contributed by atoms with Gasteiger partial charge in [0.2, 0.25) is 0 Å². The topological polar surface area (TPSA) is 72.8 Å². The van der Waals surface area contributed by atoms with Gasteiger partial charge >= 0.3 is 6.55 Å². The highest BCUT2D eigenvalue weighted by atomic mass is 32.2. The normalized spacial score (nSPS) is 11.1. The molecule has 1 aromatic carbocycles. The zero-order valence-electron chi connectivity index (χ0n) is 14.6. The number of anilines is 1. The van der Waals surface area contributed by atoms with Crippen LogP contribution in [0.25, 0.3) is 11.3 Å². The molecule has 27 heavy (non-hydrogen) atoms. The van der Waals surface area contributed by atoms with Crippen LogP contribution in [0.15, 0.2) is 48.7 Å². The van der Waals surface area contributed by atoms with Gasteiger partial charge in [0.05, 0.1) is 17.1 Å². The van der Waals surface area contributed by atoms with Crippen molar-refractivity contribution in [3.63, 3.8) is 0 Å². The second kappa shape index (κ2) is 10.6. The van der Waals surface area contributed by atoms with E-state index in [-0.39, 0.29) is 11.5 Å². The Bertz CT molecular complexity index is 781. The number of rotatable bonds is 10. The number of alkyl halides is 2. The third-order valence-electron chi connectivity index (χ3n) is 3.43. The lowest BCUT2D eigenvalue weighted by Crippen LogP contribution is -2.14. The van der Waals surface area contributed by atoms with Gasteiger partial charge in [0.1, 0.15) is 11.5 Å². The number of benzene rings is 1. The van der Waals surface area contributed by atoms with E-state index < -0.39 is 6.55 Å². The van der Waals surface area contributed by atoms with Crippen LogP contribution in [0, 0.1) is 11.2 Å².